The molecule has 2 aromatic heterocycles. The molecule has 2 heterocycles. The molecule has 1 saturated carbocycles. The molecule has 0 N–H and O–H groups in total. The summed E-state index contributed by atoms with van der Waals surface area (Å²) in [5.74, 6) is 0.921. The summed E-state index contributed by atoms with van der Waals surface area (Å²) in [5, 5.41) is 7.62. The molecule has 0 amide bonds. The van der Waals surface area contributed by atoms with Crippen LogP contribution < -0.4 is 0 Å². The summed E-state index contributed by atoms with van der Waals surface area (Å²) >= 11 is 3.48. The van der Waals surface area contributed by atoms with Crippen molar-refractivity contribution in [1.29, 1.82) is 0 Å². The number of hydrogen-bond acceptors (Lipinski definition) is 4. The molecule has 96 valence electrons. The van der Waals surface area contributed by atoms with E-state index >= 15 is 0 Å². The number of nitrogens with zero attached hydrogens (tertiary/aromatic N) is 2. The van der Waals surface area contributed by atoms with Gasteiger partial charge in [-0.1, -0.05) is 0 Å². The summed E-state index contributed by atoms with van der Waals surface area (Å²) in [5.41, 5.74) is 2.46. The van der Waals surface area contributed by atoms with Gasteiger partial charge in [0.15, 0.2) is 0 Å². The fourth-order valence-corrected chi connectivity index (χ4v) is 3.76. The molecule has 0 spiro atoms. The van der Waals surface area contributed by atoms with Gasteiger partial charge in [0.2, 0.25) is 0 Å². The van der Waals surface area contributed by atoms with Crippen LogP contribution in [0.1, 0.15) is 25.5 Å². The third kappa shape index (κ3) is 2.66. The second kappa shape index (κ2) is 5.11. The van der Waals surface area contributed by atoms with Crippen LogP contribution in [0, 0.1) is 5.92 Å². The van der Waals surface area contributed by atoms with Crippen LogP contribution in [0.3, 0.4) is 0 Å². The third-order valence-corrected chi connectivity index (χ3v) is 5.35. The number of aromatic nitrogens is 1. The van der Waals surface area contributed by atoms with E-state index < -0.39 is 0 Å². The highest BCUT2D eigenvalue weighted by atomic mass is 32.1. The van der Waals surface area contributed by atoms with Crippen molar-refractivity contribution in [2.24, 2.45) is 5.92 Å². The van der Waals surface area contributed by atoms with Gasteiger partial charge >= 0.3 is 0 Å². The lowest BCUT2D eigenvalue weighted by molar-refractivity contribution is 0.224. The van der Waals surface area contributed by atoms with Crippen molar-refractivity contribution in [3.05, 3.63) is 27.9 Å². The van der Waals surface area contributed by atoms with E-state index in [4.69, 9.17) is 4.98 Å². The van der Waals surface area contributed by atoms with Crippen LogP contribution in [0.25, 0.3) is 10.6 Å². The fourth-order valence-electron chi connectivity index (χ4n) is 2.24. The van der Waals surface area contributed by atoms with E-state index in [-0.39, 0.29) is 0 Å². The van der Waals surface area contributed by atoms with Crippen LogP contribution in [0.4, 0.5) is 0 Å². The number of rotatable bonds is 5. The predicted molar refractivity (Wildman–Crippen MR) is 79.1 cm³/mol. The Labute approximate surface area is 116 Å². The molecule has 0 aliphatic heterocycles. The highest BCUT2D eigenvalue weighted by Crippen LogP contribution is 2.35. The molecule has 0 radical (unpaired) electrons. The van der Waals surface area contributed by atoms with Crippen LogP contribution in [0.2, 0.25) is 0 Å². The first kappa shape index (κ1) is 12.3. The monoisotopic (exact) mass is 278 g/mol. The molecule has 1 unspecified atom stereocenters. The van der Waals surface area contributed by atoms with Crippen molar-refractivity contribution in [3.8, 4) is 10.6 Å². The van der Waals surface area contributed by atoms with Gasteiger partial charge in [0.05, 0.1) is 5.69 Å². The van der Waals surface area contributed by atoms with Gasteiger partial charge in [-0.25, -0.2) is 4.98 Å². The maximum atomic E-state index is 4.74. The fraction of sp³-hybridized carbons (Fsp3) is 0.500. The Morgan fingerprint density at radius 1 is 1.44 bits per heavy atom. The zero-order chi connectivity index (χ0) is 12.5. The SMILES string of the molecule is CC(C1CC1)N(C)Cc1csc(-c2ccsc2)n1. The minimum Gasteiger partial charge on any atom is -0.298 e. The van der Waals surface area contributed by atoms with E-state index in [1.165, 1.54) is 24.1 Å². The van der Waals surface area contributed by atoms with Gasteiger partial charge in [-0.05, 0) is 44.2 Å². The minimum absolute atomic E-state index is 0.691. The van der Waals surface area contributed by atoms with E-state index in [1.54, 1.807) is 22.7 Å². The normalized spacial score (nSPS) is 17.3. The summed E-state index contributed by atoms with van der Waals surface area (Å²) in [6.45, 7) is 3.31. The van der Waals surface area contributed by atoms with Crippen molar-refractivity contribution in [2.45, 2.75) is 32.4 Å². The lowest BCUT2D eigenvalue weighted by Gasteiger charge is -2.23. The Morgan fingerprint density at radius 2 is 2.28 bits per heavy atom. The lowest BCUT2D eigenvalue weighted by Crippen LogP contribution is -2.30. The number of thiazole rings is 1. The van der Waals surface area contributed by atoms with Crippen LogP contribution in [-0.2, 0) is 6.54 Å². The first-order valence-corrected chi connectivity index (χ1v) is 8.23. The summed E-state index contributed by atoms with van der Waals surface area (Å²) in [4.78, 5) is 7.17. The predicted octanol–water partition coefficient (Wildman–Crippen LogP) is 4.10. The molecule has 1 aliphatic rings. The van der Waals surface area contributed by atoms with Gasteiger partial charge in [0, 0.05) is 28.9 Å². The van der Waals surface area contributed by atoms with Gasteiger partial charge in [-0.3, -0.25) is 4.90 Å². The number of thiophene rings is 1. The zero-order valence-electron chi connectivity index (χ0n) is 10.8. The highest BCUT2D eigenvalue weighted by molar-refractivity contribution is 7.14. The molecular weight excluding hydrogens is 260 g/mol. The molecular formula is C14H18N2S2. The number of hydrogen-bond donors (Lipinski definition) is 0. The Hall–Kier alpha value is -0.710. The average molecular weight is 278 g/mol. The van der Waals surface area contributed by atoms with E-state index in [9.17, 15) is 0 Å². The molecule has 1 aliphatic carbocycles. The van der Waals surface area contributed by atoms with E-state index in [2.05, 4.69) is 41.1 Å². The van der Waals surface area contributed by atoms with Gasteiger partial charge in [0.1, 0.15) is 5.01 Å². The summed E-state index contributed by atoms with van der Waals surface area (Å²) in [6.07, 6.45) is 2.81. The summed E-state index contributed by atoms with van der Waals surface area (Å²) < 4.78 is 0. The summed E-state index contributed by atoms with van der Waals surface area (Å²) in [7, 11) is 2.21. The average Bonchev–Trinajstić information content (AvgIpc) is 2.89. The maximum absolute atomic E-state index is 4.74. The second-order valence-electron chi connectivity index (χ2n) is 5.15. The summed E-state index contributed by atoms with van der Waals surface area (Å²) in [6, 6.07) is 2.83. The van der Waals surface area contributed by atoms with Gasteiger partial charge < -0.3 is 0 Å². The smallest absolute Gasteiger partial charge is 0.124 e. The van der Waals surface area contributed by atoms with Crippen LogP contribution in [0.15, 0.2) is 22.2 Å². The van der Waals surface area contributed by atoms with Crippen molar-refractivity contribution < 1.29 is 0 Å². The molecule has 1 atom stereocenters. The quantitative estimate of drug-likeness (QED) is 0.818. The molecule has 2 aromatic rings. The van der Waals surface area contributed by atoms with E-state index in [0.29, 0.717) is 6.04 Å². The van der Waals surface area contributed by atoms with Crippen LogP contribution >= 0.6 is 22.7 Å². The first-order valence-electron chi connectivity index (χ1n) is 6.41. The molecule has 0 saturated heterocycles. The van der Waals surface area contributed by atoms with Crippen LogP contribution in [0.5, 0.6) is 0 Å². The molecule has 0 bridgehead atoms. The molecule has 1 fully saturated rings. The molecule has 18 heavy (non-hydrogen) atoms. The molecule has 4 heteroatoms. The topological polar surface area (TPSA) is 16.1 Å². The van der Waals surface area contributed by atoms with E-state index in [0.717, 1.165) is 17.5 Å². The molecule has 3 rings (SSSR count). The Bertz CT molecular complexity index is 500. The van der Waals surface area contributed by atoms with Gasteiger partial charge in [-0.2, -0.15) is 11.3 Å². The van der Waals surface area contributed by atoms with Crippen LogP contribution in [-0.4, -0.2) is 23.0 Å². The molecule has 2 nitrogen and oxygen atoms in total. The minimum atomic E-state index is 0.691. The van der Waals surface area contributed by atoms with Crippen molar-refractivity contribution in [1.82, 2.24) is 9.88 Å². The highest BCUT2D eigenvalue weighted by Gasteiger charge is 2.30. The van der Waals surface area contributed by atoms with Gasteiger partial charge in [-0.15, -0.1) is 11.3 Å². The standard InChI is InChI=1S/C14H18N2S2/c1-10(11-3-4-11)16(2)7-13-9-18-14(15-13)12-5-6-17-8-12/h5-6,8-11H,3-4,7H2,1-2H3. The zero-order valence-corrected chi connectivity index (χ0v) is 12.4. The third-order valence-electron chi connectivity index (χ3n) is 3.73. The van der Waals surface area contributed by atoms with Crippen molar-refractivity contribution >= 4 is 22.7 Å². The van der Waals surface area contributed by atoms with Gasteiger partial charge in [0.25, 0.3) is 0 Å². The largest absolute Gasteiger partial charge is 0.298 e. The Balaban J connectivity index is 1.66. The maximum Gasteiger partial charge on any atom is 0.124 e. The first-order chi connectivity index (χ1) is 8.74. The molecule has 0 aromatic carbocycles. The van der Waals surface area contributed by atoms with Crippen molar-refractivity contribution in [3.63, 3.8) is 0 Å². The van der Waals surface area contributed by atoms with E-state index in [1.807, 2.05) is 0 Å². The van der Waals surface area contributed by atoms with Crippen molar-refractivity contribution in [2.75, 3.05) is 7.05 Å². The Kier molecular flexibility index (Phi) is 3.50. The Morgan fingerprint density at radius 3 is 2.94 bits per heavy atom. The lowest BCUT2D eigenvalue weighted by atomic mass is 10.2. The second-order valence-corrected chi connectivity index (χ2v) is 6.79.